The second kappa shape index (κ2) is 8.05. The number of benzene rings is 2. The third-order valence-electron chi connectivity index (χ3n) is 3.09. The van der Waals surface area contributed by atoms with Crippen molar-refractivity contribution in [2.24, 2.45) is 0 Å². The van der Waals surface area contributed by atoms with E-state index in [-0.39, 0.29) is 23.6 Å². The number of ether oxygens (including phenoxy) is 2. The monoisotopic (exact) mass is 403 g/mol. The van der Waals surface area contributed by atoms with E-state index >= 15 is 0 Å². The van der Waals surface area contributed by atoms with Crippen molar-refractivity contribution in [3.8, 4) is 11.5 Å². The van der Waals surface area contributed by atoms with Gasteiger partial charge in [-0.2, -0.15) is 8.78 Å². The number of hydrogen-bond donors (Lipinski definition) is 1. The molecule has 2 aromatic carbocycles. The Morgan fingerprint density at radius 2 is 1.96 bits per heavy atom. The fourth-order valence-corrected chi connectivity index (χ4v) is 2.37. The van der Waals surface area contributed by atoms with Crippen molar-refractivity contribution < 1.29 is 27.4 Å². The lowest BCUT2D eigenvalue weighted by Gasteiger charge is -2.12. The normalized spacial score (nSPS) is 10.6. The van der Waals surface area contributed by atoms with E-state index in [0.717, 1.165) is 0 Å². The van der Waals surface area contributed by atoms with Crippen LogP contribution in [0.4, 0.5) is 13.2 Å². The highest BCUT2D eigenvalue weighted by Gasteiger charge is 2.14. The minimum absolute atomic E-state index is 0.00316. The van der Waals surface area contributed by atoms with Gasteiger partial charge in [-0.1, -0.05) is 15.9 Å². The molecule has 0 aromatic heterocycles. The number of methoxy groups -OCH3 is 1. The molecule has 0 atom stereocenters. The molecule has 8 heteroatoms. The van der Waals surface area contributed by atoms with Crippen molar-refractivity contribution in [2.75, 3.05) is 7.11 Å². The molecule has 0 bridgehead atoms. The van der Waals surface area contributed by atoms with Gasteiger partial charge in [0.15, 0.2) is 11.5 Å². The van der Waals surface area contributed by atoms with Gasteiger partial charge in [0, 0.05) is 22.1 Å². The number of alkyl halides is 2. The van der Waals surface area contributed by atoms with E-state index in [2.05, 4.69) is 26.0 Å². The summed E-state index contributed by atoms with van der Waals surface area (Å²) in [6.07, 6.45) is 0. The molecule has 0 aliphatic rings. The highest BCUT2D eigenvalue weighted by Crippen LogP contribution is 2.29. The van der Waals surface area contributed by atoms with Crippen molar-refractivity contribution >= 4 is 21.8 Å². The standard InChI is InChI=1S/C16H13BrF3NO3/c1-23-14-7-9(2-5-13(14)24-16(19)20)15(22)21-8-10-6-11(17)3-4-12(10)18/h2-7,16H,8H2,1H3,(H,21,22). The molecular formula is C16H13BrF3NO3. The lowest BCUT2D eigenvalue weighted by molar-refractivity contribution is -0.0512. The van der Waals surface area contributed by atoms with E-state index < -0.39 is 18.3 Å². The van der Waals surface area contributed by atoms with E-state index in [1.165, 1.54) is 31.4 Å². The predicted octanol–water partition coefficient (Wildman–Crippen LogP) is 4.13. The quantitative estimate of drug-likeness (QED) is 0.788. The number of rotatable bonds is 6. The molecule has 0 spiro atoms. The summed E-state index contributed by atoms with van der Waals surface area (Å²) in [7, 11) is 1.27. The lowest BCUT2D eigenvalue weighted by Crippen LogP contribution is -2.23. The van der Waals surface area contributed by atoms with E-state index in [1.54, 1.807) is 12.1 Å². The summed E-state index contributed by atoms with van der Waals surface area (Å²) < 4.78 is 48.1. The fraction of sp³-hybridized carbons (Fsp3) is 0.188. The molecular weight excluding hydrogens is 391 g/mol. The summed E-state index contributed by atoms with van der Waals surface area (Å²) in [5, 5.41) is 2.55. The highest BCUT2D eigenvalue weighted by molar-refractivity contribution is 9.10. The Bertz CT molecular complexity index is 741. The molecule has 1 amide bonds. The smallest absolute Gasteiger partial charge is 0.387 e. The molecule has 1 N–H and O–H groups in total. The molecule has 0 radical (unpaired) electrons. The largest absolute Gasteiger partial charge is 0.493 e. The van der Waals surface area contributed by atoms with Gasteiger partial charge in [-0.15, -0.1) is 0 Å². The SMILES string of the molecule is COc1cc(C(=O)NCc2cc(Br)ccc2F)ccc1OC(F)F. The maximum atomic E-state index is 13.6. The molecule has 0 heterocycles. The van der Waals surface area contributed by atoms with Gasteiger partial charge in [0.1, 0.15) is 5.82 Å². The van der Waals surface area contributed by atoms with Crippen molar-refractivity contribution in [3.63, 3.8) is 0 Å². The Hall–Kier alpha value is -2.22. The molecule has 4 nitrogen and oxygen atoms in total. The zero-order chi connectivity index (χ0) is 17.7. The van der Waals surface area contributed by atoms with Crippen LogP contribution in [0.3, 0.4) is 0 Å². The number of amides is 1. The number of halogens is 4. The van der Waals surface area contributed by atoms with Gasteiger partial charge in [0.2, 0.25) is 0 Å². The summed E-state index contributed by atoms with van der Waals surface area (Å²) in [4.78, 5) is 12.1. The molecule has 2 rings (SSSR count). The Morgan fingerprint density at radius 3 is 2.62 bits per heavy atom. The van der Waals surface area contributed by atoms with Crippen LogP contribution < -0.4 is 14.8 Å². The molecule has 2 aromatic rings. The van der Waals surface area contributed by atoms with E-state index in [1.807, 2.05) is 0 Å². The first-order valence-corrected chi connectivity index (χ1v) is 7.55. The molecule has 128 valence electrons. The first kappa shape index (κ1) is 18.1. The van der Waals surface area contributed by atoms with Gasteiger partial charge in [-0.25, -0.2) is 4.39 Å². The predicted molar refractivity (Wildman–Crippen MR) is 84.9 cm³/mol. The van der Waals surface area contributed by atoms with Crippen LogP contribution in [-0.2, 0) is 6.54 Å². The molecule has 0 unspecified atom stereocenters. The first-order valence-electron chi connectivity index (χ1n) is 6.75. The Kier molecular flexibility index (Phi) is 6.08. The number of nitrogens with one attached hydrogen (secondary N) is 1. The molecule has 0 saturated heterocycles. The average Bonchev–Trinajstić information content (AvgIpc) is 2.55. The fourth-order valence-electron chi connectivity index (χ4n) is 1.96. The highest BCUT2D eigenvalue weighted by atomic mass is 79.9. The van der Waals surface area contributed by atoms with Crippen LogP contribution in [0.15, 0.2) is 40.9 Å². The second-order valence-corrected chi connectivity index (χ2v) is 5.58. The van der Waals surface area contributed by atoms with Crippen LogP contribution in [-0.4, -0.2) is 19.6 Å². The van der Waals surface area contributed by atoms with E-state index in [0.29, 0.717) is 10.0 Å². The average molecular weight is 404 g/mol. The van der Waals surface area contributed by atoms with Crippen LogP contribution in [0.5, 0.6) is 11.5 Å². The third-order valence-corrected chi connectivity index (χ3v) is 3.58. The van der Waals surface area contributed by atoms with Crippen molar-refractivity contribution in [1.82, 2.24) is 5.32 Å². The molecule has 0 aliphatic heterocycles. The topological polar surface area (TPSA) is 47.6 Å². The maximum Gasteiger partial charge on any atom is 0.387 e. The van der Waals surface area contributed by atoms with E-state index in [4.69, 9.17) is 4.74 Å². The summed E-state index contributed by atoms with van der Waals surface area (Å²) >= 11 is 3.22. The van der Waals surface area contributed by atoms with Gasteiger partial charge < -0.3 is 14.8 Å². The molecule has 0 fully saturated rings. The number of carbonyl (C=O) groups excluding carboxylic acids is 1. The minimum Gasteiger partial charge on any atom is -0.493 e. The summed E-state index contributed by atoms with van der Waals surface area (Å²) in [6.45, 7) is -3.03. The Morgan fingerprint density at radius 1 is 1.21 bits per heavy atom. The van der Waals surface area contributed by atoms with Crippen molar-refractivity contribution in [2.45, 2.75) is 13.2 Å². The van der Waals surface area contributed by atoms with Gasteiger partial charge in [0.25, 0.3) is 5.91 Å². The molecule has 24 heavy (non-hydrogen) atoms. The first-order chi connectivity index (χ1) is 11.4. The third kappa shape index (κ3) is 4.64. The number of carbonyl (C=O) groups is 1. The van der Waals surface area contributed by atoms with Crippen molar-refractivity contribution in [1.29, 1.82) is 0 Å². The van der Waals surface area contributed by atoms with Crippen LogP contribution in [0, 0.1) is 5.82 Å². The molecule has 0 aliphatic carbocycles. The van der Waals surface area contributed by atoms with Crippen molar-refractivity contribution in [3.05, 3.63) is 57.8 Å². The van der Waals surface area contributed by atoms with Gasteiger partial charge >= 0.3 is 6.61 Å². The zero-order valence-electron chi connectivity index (χ0n) is 12.5. The van der Waals surface area contributed by atoms with Crippen LogP contribution in [0.25, 0.3) is 0 Å². The number of hydrogen-bond acceptors (Lipinski definition) is 3. The van der Waals surface area contributed by atoms with E-state index in [9.17, 15) is 18.0 Å². The van der Waals surface area contributed by atoms with Crippen LogP contribution in [0.2, 0.25) is 0 Å². The van der Waals surface area contributed by atoms with Gasteiger partial charge in [-0.3, -0.25) is 4.79 Å². The van der Waals surface area contributed by atoms with Gasteiger partial charge in [0.05, 0.1) is 7.11 Å². The minimum atomic E-state index is -3.00. The Labute approximate surface area is 144 Å². The Balaban J connectivity index is 2.10. The summed E-state index contributed by atoms with van der Waals surface area (Å²) in [6, 6.07) is 8.17. The zero-order valence-corrected chi connectivity index (χ0v) is 14.1. The summed E-state index contributed by atoms with van der Waals surface area (Å²) in [5.74, 6) is -1.13. The second-order valence-electron chi connectivity index (χ2n) is 4.66. The lowest BCUT2D eigenvalue weighted by atomic mass is 10.1. The van der Waals surface area contributed by atoms with Crippen LogP contribution in [0.1, 0.15) is 15.9 Å². The van der Waals surface area contributed by atoms with Gasteiger partial charge in [-0.05, 0) is 36.4 Å². The molecule has 0 saturated carbocycles. The maximum absolute atomic E-state index is 13.6. The van der Waals surface area contributed by atoms with Crippen LogP contribution >= 0.6 is 15.9 Å². The summed E-state index contributed by atoms with van der Waals surface area (Å²) in [5.41, 5.74) is 0.478.